The minimum absolute atomic E-state index is 0.0951. The molecule has 1 aromatic rings. The Balaban J connectivity index is 1.75. The second-order valence-electron chi connectivity index (χ2n) is 10.8. The number of morpholine rings is 1. The first kappa shape index (κ1) is 25.4. The Morgan fingerprint density at radius 1 is 1.16 bits per heavy atom. The molecule has 4 nitrogen and oxygen atoms in total. The molecule has 2 rings (SSSR count). The van der Waals surface area contributed by atoms with E-state index in [1.165, 1.54) is 44.9 Å². The van der Waals surface area contributed by atoms with Gasteiger partial charge in [-0.05, 0) is 50.2 Å². The van der Waals surface area contributed by atoms with E-state index in [1.807, 2.05) is 26.1 Å². The molecule has 0 spiro atoms. The predicted molar refractivity (Wildman–Crippen MR) is 128 cm³/mol. The molecule has 1 fully saturated rings. The van der Waals surface area contributed by atoms with Crippen molar-refractivity contribution in [3.8, 4) is 12.3 Å². The Labute approximate surface area is 190 Å². The highest BCUT2D eigenvalue weighted by Crippen LogP contribution is 2.23. The first-order valence-corrected chi connectivity index (χ1v) is 12.0. The molecule has 1 aliphatic rings. The number of pyridine rings is 1. The van der Waals surface area contributed by atoms with Crippen molar-refractivity contribution in [3.63, 3.8) is 0 Å². The number of rotatable bonds is 10. The Kier molecular flexibility index (Phi) is 9.56. The van der Waals surface area contributed by atoms with Crippen molar-refractivity contribution in [2.24, 2.45) is 5.41 Å². The average Bonchev–Trinajstić information content (AvgIpc) is 2.70. The number of terminal acetylenes is 1. The van der Waals surface area contributed by atoms with Crippen molar-refractivity contribution in [2.45, 2.75) is 98.0 Å². The van der Waals surface area contributed by atoms with Crippen LogP contribution in [0.4, 0.5) is 0 Å². The van der Waals surface area contributed by atoms with E-state index in [1.54, 1.807) is 4.90 Å². The maximum atomic E-state index is 13.0. The molecule has 0 radical (unpaired) electrons. The highest BCUT2D eigenvalue weighted by molar-refractivity contribution is 5.95. The predicted octanol–water partition coefficient (Wildman–Crippen LogP) is 6.02. The lowest BCUT2D eigenvalue weighted by Gasteiger charge is -2.38. The molecule has 2 heterocycles. The molecule has 1 saturated heterocycles. The Morgan fingerprint density at radius 3 is 2.42 bits per heavy atom. The number of ether oxygens (including phenoxy) is 1. The summed E-state index contributed by atoms with van der Waals surface area (Å²) in [6.07, 6.45) is 18.8. The zero-order valence-electron chi connectivity index (χ0n) is 20.4. The molecular weight excluding hydrogens is 384 g/mol. The minimum atomic E-state index is -0.337. The summed E-state index contributed by atoms with van der Waals surface area (Å²) < 4.78 is 5.71. The van der Waals surface area contributed by atoms with Gasteiger partial charge in [0, 0.05) is 19.3 Å². The molecule has 0 N–H and O–H groups in total. The lowest BCUT2D eigenvalue weighted by atomic mass is 9.89. The third kappa shape index (κ3) is 9.03. The zero-order valence-corrected chi connectivity index (χ0v) is 20.4. The lowest BCUT2D eigenvalue weighted by molar-refractivity contribution is -0.0765. The Bertz CT molecular complexity index is 755. The van der Waals surface area contributed by atoms with Crippen molar-refractivity contribution in [1.29, 1.82) is 0 Å². The first-order valence-electron chi connectivity index (χ1n) is 12.0. The number of unbranched alkanes of at least 4 members (excludes halogenated alkanes) is 6. The van der Waals surface area contributed by atoms with Crippen molar-refractivity contribution in [2.75, 3.05) is 19.7 Å². The number of hydrogen-bond donors (Lipinski definition) is 0. The van der Waals surface area contributed by atoms with Crippen molar-refractivity contribution in [3.05, 3.63) is 29.1 Å². The van der Waals surface area contributed by atoms with Gasteiger partial charge >= 0.3 is 0 Å². The van der Waals surface area contributed by atoms with E-state index in [4.69, 9.17) is 11.2 Å². The van der Waals surface area contributed by atoms with Crippen LogP contribution in [0.1, 0.15) is 108 Å². The number of aromatic nitrogens is 1. The quantitative estimate of drug-likeness (QED) is 0.339. The molecule has 0 aliphatic carbocycles. The van der Waals surface area contributed by atoms with Crippen LogP contribution in [0.5, 0.6) is 0 Å². The van der Waals surface area contributed by atoms with Gasteiger partial charge in [0.25, 0.3) is 5.91 Å². The Morgan fingerprint density at radius 2 is 1.81 bits per heavy atom. The van der Waals surface area contributed by atoms with Gasteiger partial charge in [-0.1, -0.05) is 65.2 Å². The molecule has 0 saturated carbocycles. The van der Waals surface area contributed by atoms with Gasteiger partial charge in [0.15, 0.2) is 0 Å². The Hall–Kier alpha value is -1.86. The topological polar surface area (TPSA) is 42.4 Å². The summed E-state index contributed by atoms with van der Waals surface area (Å²) in [5.74, 6) is 2.58. The molecule has 0 atom stereocenters. The standard InChI is InChI=1S/C27H42N2O2/c1-7-23-19-22(15-13-11-9-8-10-12-14-16-26(2,3)4)20-28-24(23)25(30)29-17-18-31-27(5,6)21-29/h1,19-20H,8-18,21H2,2-6H3. The van der Waals surface area contributed by atoms with Crippen LogP contribution < -0.4 is 0 Å². The highest BCUT2D eigenvalue weighted by atomic mass is 16.5. The fourth-order valence-electron chi connectivity index (χ4n) is 4.13. The number of nitrogens with zero attached hydrogens (tertiary/aromatic N) is 2. The maximum Gasteiger partial charge on any atom is 0.273 e. The van der Waals surface area contributed by atoms with Gasteiger partial charge in [0.1, 0.15) is 5.69 Å². The van der Waals surface area contributed by atoms with Gasteiger partial charge in [-0.25, -0.2) is 4.98 Å². The smallest absolute Gasteiger partial charge is 0.273 e. The van der Waals surface area contributed by atoms with E-state index < -0.39 is 0 Å². The molecule has 31 heavy (non-hydrogen) atoms. The number of carbonyl (C=O) groups is 1. The van der Waals surface area contributed by atoms with Crippen LogP contribution in [0, 0.1) is 17.8 Å². The van der Waals surface area contributed by atoms with E-state index in [0.29, 0.717) is 36.4 Å². The lowest BCUT2D eigenvalue weighted by Crippen LogP contribution is -2.50. The molecular formula is C27H42N2O2. The van der Waals surface area contributed by atoms with Crippen molar-refractivity contribution >= 4 is 5.91 Å². The van der Waals surface area contributed by atoms with Crippen LogP contribution in [0.2, 0.25) is 0 Å². The van der Waals surface area contributed by atoms with Gasteiger partial charge in [0.05, 0.1) is 17.8 Å². The highest BCUT2D eigenvalue weighted by Gasteiger charge is 2.31. The summed E-state index contributed by atoms with van der Waals surface area (Å²) in [5, 5.41) is 0. The third-order valence-corrected chi connectivity index (χ3v) is 5.91. The SMILES string of the molecule is C#Cc1cc(CCCCCCCCCC(C)(C)C)cnc1C(=O)N1CCOC(C)(C)C1. The molecule has 0 unspecified atom stereocenters. The average molecular weight is 427 g/mol. The summed E-state index contributed by atoms with van der Waals surface area (Å²) in [5.41, 5.74) is 2.24. The molecule has 1 aliphatic heterocycles. The van der Waals surface area contributed by atoms with E-state index >= 15 is 0 Å². The van der Waals surface area contributed by atoms with Crippen molar-refractivity contribution in [1.82, 2.24) is 9.88 Å². The summed E-state index contributed by atoms with van der Waals surface area (Å²) in [6, 6.07) is 1.97. The largest absolute Gasteiger partial charge is 0.372 e. The van der Waals surface area contributed by atoms with Gasteiger partial charge in [-0.15, -0.1) is 6.42 Å². The summed E-state index contributed by atoms with van der Waals surface area (Å²) in [7, 11) is 0. The van der Waals surface area contributed by atoms with Crippen LogP contribution in [0.3, 0.4) is 0 Å². The van der Waals surface area contributed by atoms with E-state index in [0.717, 1.165) is 18.4 Å². The van der Waals surface area contributed by atoms with Crippen molar-refractivity contribution < 1.29 is 9.53 Å². The minimum Gasteiger partial charge on any atom is -0.372 e. The molecule has 0 aromatic carbocycles. The summed E-state index contributed by atoms with van der Waals surface area (Å²) >= 11 is 0. The van der Waals surface area contributed by atoms with Crippen LogP contribution in [0.25, 0.3) is 0 Å². The van der Waals surface area contributed by atoms with Crippen LogP contribution in [-0.2, 0) is 11.2 Å². The van der Waals surface area contributed by atoms with Crippen LogP contribution >= 0.6 is 0 Å². The number of hydrogen-bond acceptors (Lipinski definition) is 3. The van der Waals surface area contributed by atoms with Crippen LogP contribution in [-0.4, -0.2) is 41.1 Å². The molecule has 172 valence electrons. The second-order valence-corrected chi connectivity index (χ2v) is 10.8. The van der Waals surface area contributed by atoms with Gasteiger partial charge in [-0.2, -0.15) is 0 Å². The van der Waals surface area contributed by atoms with E-state index in [9.17, 15) is 4.79 Å². The van der Waals surface area contributed by atoms with Gasteiger partial charge in [-0.3, -0.25) is 4.79 Å². The van der Waals surface area contributed by atoms with E-state index in [-0.39, 0.29) is 11.5 Å². The summed E-state index contributed by atoms with van der Waals surface area (Å²) in [6.45, 7) is 12.6. The molecule has 1 aromatic heterocycles. The van der Waals surface area contributed by atoms with Gasteiger partial charge < -0.3 is 9.64 Å². The van der Waals surface area contributed by atoms with E-state index in [2.05, 4.69) is 31.7 Å². The summed E-state index contributed by atoms with van der Waals surface area (Å²) in [4.78, 5) is 19.2. The number of aryl methyl sites for hydroxylation is 1. The third-order valence-electron chi connectivity index (χ3n) is 5.91. The molecule has 1 amide bonds. The molecule has 4 heteroatoms. The fraction of sp³-hybridized carbons (Fsp3) is 0.704. The maximum absolute atomic E-state index is 13.0. The normalized spacial score (nSPS) is 16.2. The number of amides is 1. The van der Waals surface area contributed by atoms with Crippen LogP contribution in [0.15, 0.2) is 12.3 Å². The van der Waals surface area contributed by atoms with Gasteiger partial charge in [0.2, 0.25) is 0 Å². The monoisotopic (exact) mass is 426 g/mol. The number of carbonyl (C=O) groups excluding carboxylic acids is 1. The first-order chi connectivity index (χ1) is 14.6. The zero-order chi connectivity index (χ0) is 22.9. The molecule has 0 bridgehead atoms. The fourth-order valence-corrected chi connectivity index (χ4v) is 4.13. The second kappa shape index (κ2) is 11.7.